The number of benzene rings is 2. The van der Waals surface area contributed by atoms with Gasteiger partial charge in [0, 0.05) is 0 Å². The molecule has 4 heteroatoms. The van der Waals surface area contributed by atoms with Crippen molar-refractivity contribution in [2.75, 3.05) is 6.79 Å². The highest BCUT2D eigenvalue weighted by atomic mass is 16.7. The van der Waals surface area contributed by atoms with Gasteiger partial charge in [-0.2, -0.15) is 0 Å². The van der Waals surface area contributed by atoms with Gasteiger partial charge in [-0.25, -0.2) is 0 Å². The Balaban J connectivity index is 1.72. The van der Waals surface area contributed by atoms with Gasteiger partial charge in [0.05, 0.1) is 6.42 Å². The SMILES string of the molecule is O=C(O)CC1CCCc2ccc(-c3ccc4c(c3)OCO4)cc21. The minimum atomic E-state index is -0.726. The second-order valence-electron chi connectivity index (χ2n) is 6.17. The Bertz CT molecular complexity index is 766. The maximum absolute atomic E-state index is 11.1. The molecule has 118 valence electrons. The molecule has 0 bridgehead atoms. The standard InChI is InChI=1S/C19H18O4/c20-19(21)10-15-3-1-2-12-4-5-13(8-16(12)15)14-6-7-17-18(9-14)23-11-22-17/h4-9,15H,1-3,10-11H2,(H,20,21). The third-order valence-electron chi connectivity index (χ3n) is 4.71. The first-order valence-corrected chi connectivity index (χ1v) is 7.95. The highest BCUT2D eigenvalue weighted by Gasteiger charge is 2.23. The van der Waals surface area contributed by atoms with E-state index in [2.05, 4.69) is 18.2 Å². The Morgan fingerprint density at radius 3 is 2.74 bits per heavy atom. The van der Waals surface area contributed by atoms with E-state index in [4.69, 9.17) is 14.6 Å². The Morgan fingerprint density at radius 2 is 1.87 bits per heavy atom. The van der Waals surface area contributed by atoms with E-state index in [1.54, 1.807) is 0 Å². The number of ether oxygens (including phenoxy) is 2. The molecule has 0 radical (unpaired) electrons. The molecule has 0 spiro atoms. The van der Waals surface area contributed by atoms with Crippen LogP contribution < -0.4 is 9.47 Å². The number of carboxylic acids is 1. The van der Waals surface area contributed by atoms with Crippen molar-refractivity contribution in [3.63, 3.8) is 0 Å². The molecule has 0 fully saturated rings. The molecule has 1 unspecified atom stereocenters. The van der Waals surface area contributed by atoms with Crippen molar-refractivity contribution in [1.82, 2.24) is 0 Å². The number of aliphatic carboxylic acids is 1. The Morgan fingerprint density at radius 1 is 1.09 bits per heavy atom. The molecule has 1 aliphatic carbocycles. The largest absolute Gasteiger partial charge is 0.481 e. The highest BCUT2D eigenvalue weighted by Crippen LogP contribution is 2.39. The molecule has 2 aromatic carbocycles. The highest BCUT2D eigenvalue weighted by molar-refractivity contribution is 5.71. The van der Waals surface area contributed by atoms with E-state index in [0.29, 0.717) is 0 Å². The van der Waals surface area contributed by atoms with E-state index in [1.807, 2.05) is 18.2 Å². The van der Waals surface area contributed by atoms with Gasteiger partial charge in [0.25, 0.3) is 0 Å². The third-order valence-corrected chi connectivity index (χ3v) is 4.71. The van der Waals surface area contributed by atoms with Crippen LogP contribution in [0, 0.1) is 0 Å². The minimum absolute atomic E-state index is 0.116. The lowest BCUT2D eigenvalue weighted by molar-refractivity contribution is -0.137. The number of hydrogen-bond acceptors (Lipinski definition) is 3. The van der Waals surface area contributed by atoms with Gasteiger partial charge in [-0.15, -0.1) is 0 Å². The zero-order valence-electron chi connectivity index (χ0n) is 12.7. The lowest BCUT2D eigenvalue weighted by atomic mass is 9.80. The minimum Gasteiger partial charge on any atom is -0.481 e. The lowest BCUT2D eigenvalue weighted by Gasteiger charge is -2.25. The fourth-order valence-electron chi connectivity index (χ4n) is 3.58. The van der Waals surface area contributed by atoms with E-state index in [9.17, 15) is 4.79 Å². The summed E-state index contributed by atoms with van der Waals surface area (Å²) < 4.78 is 10.8. The maximum Gasteiger partial charge on any atom is 0.303 e. The third kappa shape index (κ3) is 2.65. The van der Waals surface area contributed by atoms with Crippen molar-refractivity contribution in [2.24, 2.45) is 0 Å². The molecule has 2 aliphatic rings. The van der Waals surface area contributed by atoms with Crippen LogP contribution >= 0.6 is 0 Å². The average Bonchev–Trinajstić information content (AvgIpc) is 3.02. The van der Waals surface area contributed by atoms with Crippen LogP contribution in [0.25, 0.3) is 11.1 Å². The molecule has 2 aromatic rings. The van der Waals surface area contributed by atoms with Gasteiger partial charge in [0.1, 0.15) is 0 Å². The summed E-state index contributed by atoms with van der Waals surface area (Å²) in [6.45, 7) is 0.268. The molecule has 23 heavy (non-hydrogen) atoms. The molecule has 1 atom stereocenters. The average molecular weight is 310 g/mol. The zero-order valence-corrected chi connectivity index (χ0v) is 12.7. The first-order valence-electron chi connectivity index (χ1n) is 7.95. The predicted octanol–water partition coefficient (Wildman–Crippen LogP) is 3.98. The van der Waals surface area contributed by atoms with Crippen LogP contribution in [0.4, 0.5) is 0 Å². The summed E-state index contributed by atoms with van der Waals surface area (Å²) in [6, 6.07) is 12.3. The second kappa shape index (κ2) is 5.61. The van der Waals surface area contributed by atoms with E-state index >= 15 is 0 Å². The molecule has 1 heterocycles. The molecule has 0 saturated carbocycles. The summed E-state index contributed by atoms with van der Waals surface area (Å²) in [5, 5.41) is 9.15. The fourth-order valence-corrected chi connectivity index (χ4v) is 3.58. The molecule has 1 aliphatic heterocycles. The van der Waals surface area contributed by atoms with Crippen molar-refractivity contribution < 1.29 is 19.4 Å². The van der Waals surface area contributed by atoms with Crippen LogP contribution in [0.2, 0.25) is 0 Å². The quantitative estimate of drug-likeness (QED) is 0.931. The molecule has 4 nitrogen and oxygen atoms in total. The monoisotopic (exact) mass is 310 g/mol. The summed E-state index contributed by atoms with van der Waals surface area (Å²) in [4.78, 5) is 11.1. The second-order valence-corrected chi connectivity index (χ2v) is 6.17. The first kappa shape index (κ1) is 14.1. The van der Waals surface area contributed by atoms with Crippen molar-refractivity contribution in [1.29, 1.82) is 0 Å². The maximum atomic E-state index is 11.1. The number of hydrogen-bond donors (Lipinski definition) is 1. The van der Waals surface area contributed by atoms with Crippen molar-refractivity contribution in [3.05, 3.63) is 47.5 Å². The molecular formula is C19H18O4. The Labute approximate surface area is 134 Å². The summed E-state index contributed by atoms with van der Waals surface area (Å²) in [7, 11) is 0. The molecular weight excluding hydrogens is 292 g/mol. The number of rotatable bonds is 3. The van der Waals surface area contributed by atoms with Crippen molar-refractivity contribution in [2.45, 2.75) is 31.6 Å². The molecule has 0 amide bonds. The van der Waals surface area contributed by atoms with Gasteiger partial charge in [-0.05, 0) is 59.6 Å². The number of fused-ring (bicyclic) bond motifs is 2. The molecule has 0 saturated heterocycles. The van der Waals surface area contributed by atoms with Crippen LogP contribution in [0.5, 0.6) is 11.5 Å². The summed E-state index contributed by atoms with van der Waals surface area (Å²) in [5.41, 5.74) is 4.64. The van der Waals surface area contributed by atoms with Gasteiger partial charge in [-0.1, -0.05) is 24.3 Å². The summed E-state index contributed by atoms with van der Waals surface area (Å²) in [6.07, 6.45) is 3.25. The van der Waals surface area contributed by atoms with Crippen LogP contribution in [0.1, 0.15) is 36.3 Å². The Kier molecular flexibility index (Phi) is 3.45. The van der Waals surface area contributed by atoms with Gasteiger partial charge < -0.3 is 14.6 Å². The normalized spacial score (nSPS) is 18.5. The van der Waals surface area contributed by atoms with Gasteiger partial charge >= 0.3 is 5.97 Å². The summed E-state index contributed by atoms with van der Waals surface area (Å²) in [5.74, 6) is 0.930. The predicted molar refractivity (Wildman–Crippen MR) is 85.9 cm³/mol. The lowest BCUT2D eigenvalue weighted by Crippen LogP contribution is -2.13. The smallest absolute Gasteiger partial charge is 0.303 e. The molecule has 1 N–H and O–H groups in total. The van der Waals surface area contributed by atoms with Gasteiger partial charge in [0.15, 0.2) is 11.5 Å². The number of carbonyl (C=O) groups is 1. The van der Waals surface area contributed by atoms with Crippen molar-refractivity contribution in [3.8, 4) is 22.6 Å². The van der Waals surface area contributed by atoms with Gasteiger partial charge in [0.2, 0.25) is 6.79 Å². The van der Waals surface area contributed by atoms with E-state index in [-0.39, 0.29) is 19.1 Å². The van der Waals surface area contributed by atoms with Crippen LogP contribution in [0.3, 0.4) is 0 Å². The number of carboxylic acid groups (broad SMARTS) is 1. The fraction of sp³-hybridized carbons (Fsp3) is 0.316. The number of aryl methyl sites for hydroxylation is 1. The van der Waals surface area contributed by atoms with Crippen LogP contribution in [0.15, 0.2) is 36.4 Å². The van der Waals surface area contributed by atoms with E-state index in [0.717, 1.165) is 41.9 Å². The van der Waals surface area contributed by atoms with Crippen LogP contribution in [-0.4, -0.2) is 17.9 Å². The summed E-state index contributed by atoms with van der Waals surface area (Å²) >= 11 is 0. The van der Waals surface area contributed by atoms with Crippen molar-refractivity contribution >= 4 is 5.97 Å². The van der Waals surface area contributed by atoms with E-state index < -0.39 is 5.97 Å². The topological polar surface area (TPSA) is 55.8 Å². The molecule has 0 aromatic heterocycles. The first-order chi connectivity index (χ1) is 11.2. The van der Waals surface area contributed by atoms with Gasteiger partial charge in [-0.3, -0.25) is 4.79 Å². The zero-order chi connectivity index (χ0) is 15.8. The van der Waals surface area contributed by atoms with E-state index in [1.165, 1.54) is 11.1 Å². The van der Waals surface area contributed by atoms with Crippen LogP contribution in [-0.2, 0) is 11.2 Å². The Hall–Kier alpha value is -2.49. The molecule has 4 rings (SSSR count).